The molecular weight excluding hydrogens is 294 g/mol. The van der Waals surface area contributed by atoms with Gasteiger partial charge < -0.3 is 14.4 Å². The molecule has 1 aromatic rings. The number of anilines is 1. The Morgan fingerprint density at radius 3 is 2.76 bits per heavy atom. The van der Waals surface area contributed by atoms with Gasteiger partial charge >= 0.3 is 0 Å². The van der Waals surface area contributed by atoms with Crippen molar-refractivity contribution in [2.24, 2.45) is 0 Å². The fraction of sp³-hybridized carbons (Fsp3) is 0.643. The van der Waals surface area contributed by atoms with Crippen LogP contribution in [0.2, 0.25) is 5.28 Å². The summed E-state index contributed by atoms with van der Waals surface area (Å²) >= 11 is 6.09. The van der Waals surface area contributed by atoms with Crippen molar-refractivity contribution in [3.63, 3.8) is 0 Å². The highest BCUT2D eigenvalue weighted by atomic mass is 35.5. The van der Waals surface area contributed by atoms with Gasteiger partial charge in [0.05, 0.1) is 25.5 Å². The lowest BCUT2D eigenvalue weighted by Crippen LogP contribution is -2.37. The predicted molar refractivity (Wildman–Crippen MR) is 77.5 cm³/mol. The minimum Gasteiger partial charge on any atom is -0.378 e. The van der Waals surface area contributed by atoms with E-state index in [1.807, 2.05) is 6.92 Å². The Morgan fingerprint density at radius 1 is 1.38 bits per heavy atom. The molecule has 2 aliphatic rings. The number of Topliss-reactive ketones (excluding diaryl/α,β-unsaturated/α-hetero) is 1. The molecule has 0 aromatic carbocycles. The predicted octanol–water partition coefficient (Wildman–Crippen LogP) is 1.69. The molecule has 1 fully saturated rings. The lowest BCUT2D eigenvalue weighted by Gasteiger charge is -2.29. The van der Waals surface area contributed by atoms with Crippen LogP contribution in [0.3, 0.4) is 0 Å². The summed E-state index contributed by atoms with van der Waals surface area (Å²) in [4.78, 5) is 22.3. The van der Waals surface area contributed by atoms with Crippen LogP contribution in [0.5, 0.6) is 0 Å². The highest BCUT2D eigenvalue weighted by Crippen LogP contribution is 2.41. The van der Waals surface area contributed by atoms with E-state index < -0.39 is 5.60 Å². The fourth-order valence-corrected chi connectivity index (χ4v) is 3.13. The quantitative estimate of drug-likeness (QED) is 0.792. The normalized spacial score (nSPS) is 25.0. The largest absolute Gasteiger partial charge is 0.378 e. The second kappa shape index (κ2) is 5.51. The number of halogens is 1. The summed E-state index contributed by atoms with van der Waals surface area (Å²) in [7, 11) is 0. The molecule has 0 N–H and O–H groups in total. The average Bonchev–Trinajstić information content (AvgIpc) is 2.75. The molecule has 0 spiro atoms. The summed E-state index contributed by atoms with van der Waals surface area (Å²) in [5.74, 6) is 0.869. The molecule has 0 radical (unpaired) electrons. The van der Waals surface area contributed by atoms with Gasteiger partial charge in [0.1, 0.15) is 17.2 Å². The lowest BCUT2D eigenvalue weighted by atomic mass is 9.94. The van der Waals surface area contributed by atoms with Gasteiger partial charge in [-0.25, -0.2) is 9.97 Å². The molecule has 0 bridgehead atoms. The Labute approximate surface area is 128 Å². The Kier molecular flexibility index (Phi) is 3.86. The summed E-state index contributed by atoms with van der Waals surface area (Å²) < 4.78 is 11.2. The van der Waals surface area contributed by atoms with Crippen LogP contribution in [-0.2, 0) is 26.5 Å². The summed E-state index contributed by atoms with van der Waals surface area (Å²) in [6, 6.07) is 0. The molecule has 1 atom stereocenters. The molecule has 0 amide bonds. The van der Waals surface area contributed by atoms with Crippen LogP contribution in [0.25, 0.3) is 0 Å². The van der Waals surface area contributed by atoms with E-state index in [4.69, 9.17) is 21.1 Å². The van der Waals surface area contributed by atoms with Crippen molar-refractivity contribution in [3.05, 3.63) is 16.5 Å². The first-order valence-corrected chi connectivity index (χ1v) is 7.40. The number of ether oxygens (including phenoxy) is 2. The van der Waals surface area contributed by atoms with Crippen molar-refractivity contribution in [2.45, 2.75) is 32.5 Å². The molecule has 0 saturated carbocycles. The molecule has 3 rings (SSSR count). The molecule has 114 valence electrons. The van der Waals surface area contributed by atoms with Crippen LogP contribution < -0.4 is 4.90 Å². The second-order valence-corrected chi connectivity index (χ2v) is 5.98. The molecule has 7 heteroatoms. The third-order valence-electron chi connectivity index (χ3n) is 3.89. The molecule has 3 heterocycles. The minimum atomic E-state index is -0.714. The van der Waals surface area contributed by atoms with E-state index in [-0.39, 0.29) is 17.5 Å². The number of nitrogens with zero attached hydrogens (tertiary/aromatic N) is 3. The van der Waals surface area contributed by atoms with Gasteiger partial charge in [-0.2, -0.15) is 0 Å². The standard InChI is InChI=1S/C14H18ClN3O3/c1-9(19)7-14(2)11-10(8-21-14)12(17-13(15)16-11)18-3-5-20-6-4-18/h3-8H2,1-2H3. The summed E-state index contributed by atoms with van der Waals surface area (Å²) in [6.07, 6.45) is 0.288. The number of hydrogen-bond donors (Lipinski definition) is 0. The van der Waals surface area contributed by atoms with Gasteiger partial charge in [-0.15, -0.1) is 0 Å². The van der Waals surface area contributed by atoms with Gasteiger partial charge in [0.15, 0.2) is 0 Å². The van der Waals surface area contributed by atoms with E-state index in [1.54, 1.807) is 6.92 Å². The Bertz CT molecular complexity index is 575. The van der Waals surface area contributed by atoms with Crippen molar-refractivity contribution < 1.29 is 14.3 Å². The maximum Gasteiger partial charge on any atom is 0.224 e. The Hall–Kier alpha value is -1.24. The highest BCUT2D eigenvalue weighted by Gasteiger charge is 2.41. The van der Waals surface area contributed by atoms with E-state index in [0.29, 0.717) is 19.8 Å². The maximum atomic E-state index is 11.5. The molecule has 1 unspecified atom stereocenters. The zero-order valence-electron chi connectivity index (χ0n) is 12.2. The van der Waals surface area contributed by atoms with Gasteiger partial charge in [-0.05, 0) is 25.4 Å². The second-order valence-electron chi connectivity index (χ2n) is 5.64. The lowest BCUT2D eigenvalue weighted by molar-refractivity contribution is -0.124. The van der Waals surface area contributed by atoms with E-state index >= 15 is 0 Å². The van der Waals surface area contributed by atoms with Crippen molar-refractivity contribution in [3.8, 4) is 0 Å². The fourth-order valence-electron chi connectivity index (χ4n) is 2.96. The van der Waals surface area contributed by atoms with Crippen molar-refractivity contribution >= 4 is 23.2 Å². The third-order valence-corrected chi connectivity index (χ3v) is 4.06. The molecule has 0 aliphatic carbocycles. The monoisotopic (exact) mass is 311 g/mol. The number of hydrogen-bond acceptors (Lipinski definition) is 6. The first kappa shape index (κ1) is 14.7. The molecular formula is C14H18ClN3O3. The Balaban J connectivity index is 2.01. The zero-order valence-corrected chi connectivity index (χ0v) is 12.9. The smallest absolute Gasteiger partial charge is 0.224 e. The summed E-state index contributed by atoms with van der Waals surface area (Å²) in [5, 5.41) is 0.190. The number of fused-ring (bicyclic) bond motifs is 1. The molecule has 2 aliphatic heterocycles. The van der Waals surface area contributed by atoms with Crippen LogP contribution >= 0.6 is 11.6 Å². The number of carbonyl (C=O) groups is 1. The third kappa shape index (κ3) is 2.75. The van der Waals surface area contributed by atoms with Crippen LogP contribution in [-0.4, -0.2) is 42.1 Å². The van der Waals surface area contributed by atoms with Gasteiger partial charge in [0.25, 0.3) is 0 Å². The van der Waals surface area contributed by atoms with Crippen molar-refractivity contribution in [1.82, 2.24) is 9.97 Å². The van der Waals surface area contributed by atoms with E-state index in [9.17, 15) is 4.79 Å². The van der Waals surface area contributed by atoms with E-state index in [1.165, 1.54) is 0 Å². The van der Waals surface area contributed by atoms with Crippen molar-refractivity contribution in [1.29, 1.82) is 0 Å². The van der Waals surface area contributed by atoms with E-state index in [2.05, 4.69) is 14.9 Å². The first-order chi connectivity index (χ1) is 9.99. The number of morpholine rings is 1. The minimum absolute atomic E-state index is 0.0630. The number of ketones is 1. The highest BCUT2D eigenvalue weighted by molar-refractivity contribution is 6.28. The Morgan fingerprint density at radius 2 is 2.10 bits per heavy atom. The average molecular weight is 312 g/mol. The van der Waals surface area contributed by atoms with Crippen LogP contribution in [0, 0.1) is 0 Å². The summed E-state index contributed by atoms with van der Waals surface area (Å²) in [5.41, 5.74) is 0.957. The van der Waals surface area contributed by atoms with Crippen molar-refractivity contribution in [2.75, 3.05) is 31.2 Å². The van der Waals surface area contributed by atoms with Gasteiger partial charge in [0.2, 0.25) is 5.28 Å². The molecule has 1 saturated heterocycles. The van der Waals surface area contributed by atoms with E-state index in [0.717, 1.165) is 30.2 Å². The zero-order chi connectivity index (χ0) is 15.0. The number of rotatable bonds is 3. The first-order valence-electron chi connectivity index (χ1n) is 7.02. The van der Waals surface area contributed by atoms with Crippen LogP contribution in [0.4, 0.5) is 5.82 Å². The topological polar surface area (TPSA) is 64.5 Å². The van der Waals surface area contributed by atoms with Gasteiger partial charge in [-0.1, -0.05) is 0 Å². The molecule has 6 nitrogen and oxygen atoms in total. The molecule has 21 heavy (non-hydrogen) atoms. The van der Waals surface area contributed by atoms with Crippen LogP contribution in [0.15, 0.2) is 0 Å². The summed E-state index contributed by atoms with van der Waals surface area (Å²) in [6.45, 7) is 6.71. The number of carbonyl (C=O) groups excluding carboxylic acids is 1. The maximum absolute atomic E-state index is 11.5. The van der Waals surface area contributed by atoms with Gasteiger partial charge in [0, 0.05) is 25.1 Å². The SMILES string of the molecule is CC(=O)CC1(C)OCc2c(N3CCOCC3)nc(Cl)nc21. The van der Waals surface area contributed by atoms with Gasteiger partial charge in [-0.3, -0.25) is 4.79 Å². The van der Waals surface area contributed by atoms with Crippen LogP contribution in [0.1, 0.15) is 31.5 Å². The number of aromatic nitrogens is 2. The molecule has 1 aromatic heterocycles.